The van der Waals surface area contributed by atoms with Crippen LogP contribution >= 0.6 is 0 Å². The highest BCUT2D eigenvalue weighted by Crippen LogP contribution is 2.30. The van der Waals surface area contributed by atoms with Gasteiger partial charge in [-0.2, -0.15) is 13.2 Å². The fourth-order valence-corrected chi connectivity index (χ4v) is 2.72. The third-order valence-corrected chi connectivity index (χ3v) is 4.12. The molecule has 1 aliphatic heterocycles. The second-order valence-corrected chi connectivity index (χ2v) is 6.02. The van der Waals surface area contributed by atoms with E-state index in [1.54, 1.807) is 17.0 Å². The molecule has 1 saturated heterocycles. The van der Waals surface area contributed by atoms with Crippen molar-refractivity contribution in [3.8, 4) is 0 Å². The highest BCUT2D eigenvalue weighted by atomic mass is 19.4. The number of carbonyl (C=O) groups excluding carboxylic acids is 2. The van der Waals surface area contributed by atoms with Crippen LogP contribution in [0.15, 0.2) is 48.5 Å². The number of rotatable bonds is 3. The summed E-state index contributed by atoms with van der Waals surface area (Å²) in [4.78, 5) is 26.5. The van der Waals surface area contributed by atoms with Crippen molar-refractivity contribution in [2.24, 2.45) is 0 Å². The van der Waals surface area contributed by atoms with Gasteiger partial charge in [-0.25, -0.2) is 0 Å². The number of nitrogens with zero attached hydrogens (tertiary/aromatic N) is 1. The van der Waals surface area contributed by atoms with E-state index in [9.17, 15) is 22.8 Å². The molecule has 0 bridgehead atoms. The van der Waals surface area contributed by atoms with Gasteiger partial charge < -0.3 is 15.0 Å². The SMILES string of the molecule is O=C(Nc1cccc(C(F)(F)F)c1)c1cccc(C(=O)N2CCOCC2)c1. The number of ether oxygens (including phenoxy) is 1. The van der Waals surface area contributed by atoms with Crippen molar-refractivity contribution in [2.75, 3.05) is 31.6 Å². The Morgan fingerprint density at radius 2 is 1.63 bits per heavy atom. The Hall–Kier alpha value is -2.87. The lowest BCUT2D eigenvalue weighted by Crippen LogP contribution is -2.40. The van der Waals surface area contributed by atoms with Gasteiger partial charge in [-0.1, -0.05) is 12.1 Å². The van der Waals surface area contributed by atoms with Crippen LogP contribution < -0.4 is 5.32 Å². The molecular weight excluding hydrogens is 361 g/mol. The van der Waals surface area contributed by atoms with Crippen molar-refractivity contribution >= 4 is 17.5 Å². The molecule has 0 aliphatic carbocycles. The zero-order valence-electron chi connectivity index (χ0n) is 14.3. The monoisotopic (exact) mass is 378 g/mol. The Morgan fingerprint density at radius 3 is 2.33 bits per heavy atom. The highest BCUT2D eigenvalue weighted by molar-refractivity contribution is 6.06. The molecule has 1 N–H and O–H groups in total. The molecule has 0 atom stereocenters. The molecule has 0 radical (unpaired) electrons. The summed E-state index contributed by atoms with van der Waals surface area (Å²) in [5.74, 6) is -0.807. The highest BCUT2D eigenvalue weighted by Gasteiger charge is 2.30. The molecule has 0 aromatic heterocycles. The van der Waals surface area contributed by atoms with Crippen LogP contribution in [-0.4, -0.2) is 43.0 Å². The number of alkyl halides is 3. The molecule has 0 spiro atoms. The number of halogens is 3. The molecule has 5 nitrogen and oxygen atoms in total. The number of carbonyl (C=O) groups is 2. The van der Waals surface area contributed by atoms with Gasteiger partial charge in [0.05, 0.1) is 18.8 Å². The lowest BCUT2D eigenvalue weighted by molar-refractivity contribution is -0.137. The first-order valence-electron chi connectivity index (χ1n) is 8.30. The lowest BCUT2D eigenvalue weighted by Gasteiger charge is -2.27. The lowest BCUT2D eigenvalue weighted by atomic mass is 10.1. The fraction of sp³-hybridized carbons (Fsp3) is 0.263. The third kappa shape index (κ3) is 4.65. The number of morpholine rings is 1. The smallest absolute Gasteiger partial charge is 0.378 e. The predicted octanol–water partition coefficient (Wildman–Crippen LogP) is 3.43. The molecule has 1 heterocycles. The topological polar surface area (TPSA) is 58.6 Å². The van der Waals surface area contributed by atoms with Gasteiger partial charge in [0.2, 0.25) is 0 Å². The summed E-state index contributed by atoms with van der Waals surface area (Å²) in [6, 6.07) is 10.5. The van der Waals surface area contributed by atoms with Gasteiger partial charge in [-0.15, -0.1) is 0 Å². The van der Waals surface area contributed by atoms with Gasteiger partial charge in [0.1, 0.15) is 0 Å². The number of hydrogen-bond acceptors (Lipinski definition) is 3. The molecule has 8 heteroatoms. The maximum absolute atomic E-state index is 12.8. The van der Waals surface area contributed by atoms with E-state index in [0.29, 0.717) is 31.9 Å². The molecule has 0 unspecified atom stereocenters. The first-order chi connectivity index (χ1) is 12.8. The largest absolute Gasteiger partial charge is 0.416 e. The average Bonchev–Trinajstić information content (AvgIpc) is 2.68. The molecule has 142 valence electrons. The summed E-state index contributed by atoms with van der Waals surface area (Å²) >= 11 is 0. The van der Waals surface area contributed by atoms with Crippen LogP contribution in [0.25, 0.3) is 0 Å². The number of hydrogen-bond donors (Lipinski definition) is 1. The minimum atomic E-state index is -4.49. The molecule has 0 saturated carbocycles. The number of nitrogens with one attached hydrogen (secondary N) is 1. The molecular formula is C19H17F3N2O3. The van der Waals surface area contributed by atoms with Crippen LogP contribution in [0.5, 0.6) is 0 Å². The number of anilines is 1. The van der Waals surface area contributed by atoms with E-state index >= 15 is 0 Å². The van der Waals surface area contributed by atoms with E-state index in [0.717, 1.165) is 12.1 Å². The zero-order chi connectivity index (χ0) is 19.4. The summed E-state index contributed by atoms with van der Waals surface area (Å²) in [6.45, 7) is 1.86. The minimum absolute atomic E-state index is 0.0275. The van der Waals surface area contributed by atoms with Crippen molar-refractivity contribution < 1.29 is 27.5 Å². The van der Waals surface area contributed by atoms with Crippen LogP contribution in [0.4, 0.5) is 18.9 Å². The quantitative estimate of drug-likeness (QED) is 0.890. The summed E-state index contributed by atoms with van der Waals surface area (Å²) in [6.07, 6.45) is -4.49. The minimum Gasteiger partial charge on any atom is -0.378 e. The molecule has 2 aromatic carbocycles. The van der Waals surface area contributed by atoms with Crippen LogP contribution in [0.3, 0.4) is 0 Å². The van der Waals surface area contributed by atoms with Crippen molar-refractivity contribution in [3.05, 3.63) is 65.2 Å². The maximum Gasteiger partial charge on any atom is 0.416 e. The Morgan fingerprint density at radius 1 is 0.963 bits per heavy atom. The summed E-state index contributed by atoms with van der Waals surface area (Å²) < 4.78 is 43.6. The molecule has 3 rings (SSSR count). The standard InChI is InChI=1S/C19H17F3N2O3/c20-19(21,22)15-5-2-6-16(12-15)23-17(25)13-3-1-4-14(11-13)18(26)24-7-9-27-10-8-24/h1-6,11-12H,7-10H2,(H,23,25). The van der Waals surface area contributed by atoms with Gasteiger partial charge in [0.15, 0.2) is 0 Å². The van der Waals surface area contributed by atoms with Crippen molar-refractivity contribution in [1.29, 1.82) is 0 Å². The maximum atomic E-state index is 12.8. The van der Waals surface area contributed by atoms with Gasteiger partial charge >= 0.3 is 6.18 Å². The average molecular weight is 378 g/mol. The van der Waals surface area contributed by atoms with Gasteiger partial charge in [0, 0.05) is 29.9 Å². The second-order valence-electron chi connectivity index (χ2n) is 6.02. The van der Waals surface area contributed by atoms with E-state index in [1.807, 2.05) is 0 Å². The van der Waals surface area contributed by atoms with Crippen LogP contribution in [0, 0.1) is 0 Å². The Bertz CT molecular complexity index is 846. The third-order valence-electron chi connectivity index (χ3n) is 4.12. The Labute approximate surface area is 153 Å². The summed E-state index contributed by atoms with van der Waals surface area (Å²) in [5, 5.41) is 2.43. The van der Waals surface area contributed by atoms with Crippen molar-refractivity contribution in [2.45, 2.75) is 6.18 Å². The molecule has 2 aromatic rings. The van der Waals surface area contributed by atoms with E-state index < -0.39 is 17.6 Å². The number of benzene rings is 2. The first kappa shape index (κ1) is 18.9. The van der Waals surface area contributed by atoms with Crippen LogP contribution in [-0.2, 0) is 10.9 Å². The predicted molar refractivity (Wildman–Crippen MR) is 92.6 cm³/mol. The second kappa shape index (κ2) is 7.79. The van der Waals surface area contributed by atoms with Gasteiger partial charge in [-0.05, 0) is 36.4 Å². The first-order valence-corrected chi connectivity index (χ1v) is 8.30. The molecule has 1 fully saturated rings. The molecule has 27 heavy (non-hydrogen) atoms. The summed E-state index contributed by atoms with van der Waals surface area (Å²) in [5.41, 5.74) is -0.295. The van der Waals surface area contributed by atoms with Crippen LogP contribution in [0.1, 0.15) is 26.3 Å². The van der Waals surface area contributed by atoms with E-state index in [-0.39, 0.29) is 17.2 Å². The van der Waals surface area contributed by atoms with Crippen molar-refractivity contribution in [3.63, 3.8) is 0 Å². The molecule has 1 aliphatic rings. The van der Waals surface area contributed by atoms with E-state index in [4.69, 9.17) is 4.74 Å². The van der Waals surface area contributed by atoms with Crippen LogP contribution in [0.2, 0.25) is 0 Å². The van der Waals surface area contributed by atoms with E-state index in [2.05, 4.69) is 5.32 Å². The zero-order valence-corrected chi connectivity index (χ0v) is 14.3. The van der Waals surface area contributed by atoms with Gasteiger partial charge in [-0.3, -0.25) is 9.59 Å². The van der Waals surface area contributed by atoms with Gasteiger partial charge in [0.25, 0.3) is 11.8 Å². The number of amides is 2. The normalized spacial score (nSPS) is 14.7. The fourth-order valence-electron chi connectivity index (χ4n) is 2.72. The Balaban J connectivity index is 1.75. The summed E-state index contributed by atoms with van der Waals surface area (Å²) in [7, 11) is 0. The van der Waals surface area contributed by atoms with E-state index in [1.165, 1.54) is 24.3 Å². The molecule has 2 amide bonds. The van der Waals surface area contributed by atoms with Crippen molar-refractivity contribution in [1.82, 2.24) is 4.90 Å². The Kier molecular flexibility index (Phi) is 5.46.